The van der Waals surface area contributed by atoms with Crippen LogP contribution in [0.25, 0.3) is 11.0 Å². The van der Waals surface area contributed by atoms with Gasteiger partial charge >= 0.3 is 0 Å². The van der Waals surface area contributed by atoms with E-state index < -0.39 is 6.04 Å². The third kappa shape index (κ3) is 4.09. The number of carbonyl (C=O) groups excluding carboxylic acids is 1. The van der Waals surface area contributed by atoms with Gasteiger partial charge in [-0.1, -0.05) is 12.1 Å². The zero-order chi connectivity index (χ0) is 23.0. The molecule has 2 aromatic carbocycles. The Morgan fingerprint density at radius 3 is 2.44 bits per heavy atom. The Balaban J connectivity index is 1.83. The van der Waals surface area contributed by atoms with Gasteiger partial charge in [-0.05, 0) is 81.3 Å². The van der Waals surface area contributed by atoms with Gasteiger partial charge in [-0.2, -0.15) is 0 Å². The van der Waals surface area contributed by atoms with Crippen LogP contribution in [0.1, 0.15) is 59.1 Å². The number of carbonyl (C=O) groups is 1. The maximum atomic E-state index is 13.6. The highest BCUT2D eigenvalue weighted by molar-refractivity contribution is 7.98. The highest BCUT2D eigenvalue weighted by Gasteiger charge is 2.42. The zero-order valence-corrected chi connectivity index (χ0v) is 20.0. The number of nitrogens with zero attached hydrogens (tertiary/aromatic N) is 1. The van der Waals surface area contributed by atoms with Gasteiger partial charge in [0.1, 0.15) is 5.58 Å². The van der Waals surface area contributed by atoms with Gasteiger partial charge in [0.05, 0.1) is 23.1 Å². The summed E-state index contributed by atoms with van der Waals surface area (Å²) in [4.78, 5) is 29.9. The Kier molecular flexibility index (Phi) is 6.45. The molecular weight excluding hydrogens is 422 g/mol. The summed E-state index contributed by atoms with van der Waals surface area (Å²) in [6.07, 6.45) is 2.84. The molecule has 5 nitrogen and oxygen atoms in total. The molecule has 4 rings (SSSR count). The fourth-order valence-electron chi connectivity index (χ4n) is 4.19. The minimum absolute atomic E-state index is 0.127. The summed E-state index contributed by atoms with van der Waals surface area (Å²) in [5.74, 6) is -0.0739. The van der Waals surface area contributed by atoms with E-state index in [-0.39, 0.29) is 23.2 Å². The summed E-state index contributed by atoms with van der Waals surface area (Å²) in [6.45, 7) is 8.97. The third-order valence-electron chi connectivity index (χ3n) is 6.01. The summed E-state index contributed by atoms with van der Waals surface area (Å²) < 4.78 is 11.8. The van der Waals surface area contributed by atoms with Crippen LogP contribution < -0.4 is 5.43 Å². The Bertz CT molecular complexity index is 1210. The van der Waals surface area contributed by atoms with Crippen molar-refractivity contribution in [1.29, 1.82) is 0 Å². The molecule has 1 aliphatic rings. The first-order chi connectivity index (χ1) is 15.3. The molecule has 0 unspecified atom stereocenters. The highest BCUT2D eigenvalue weighted by Crippen LogP contribution is 2.39. The number of hydrogen-bond donors (Lipinski definition) is 0. The van der Waals surface area contributed by atoms with E-state index in [1.165, 1.54) is 0 Å². The second kappa shape index (κ2) is 9.12. The number of rotatable bonds is 7. The van der Waals surface area contributed by atoms with E-state index >= 15 is 0 Å². The fourth-order valence-corrected chi connectivity index (χ4v) is 4.60. The number of fused-ring (bicyclic) bond motifs is 2. The minimum Gasteiger partial charge on any atom is -0.450 e. The second-order valence-electron chi connectivity index (χ2n) is 8.55. The van der Waals surface area contributed by atoms with Gasteiger partial charge in [-0.25, -0.2) is 0 Å². The van der Waals surface area contributed by atoms with Crippen molar-refractivity contribution in [3.63, 3.8) is 0 Å². The fraction of sp³-hybridized carbons (Fsp3) is 0.385. The first kappa shape index (κ1) is 22.6. The number of ether oxygens (including phenoxy) is 1. The van der Waals surface area contributed by atoms with Gasteiger partial charge in [0.15, 0.2) is 5.43 Å². The molecular formula is C26H29NO4S. The van der Waals surface area contributed by atoms with Crippen LogP contribution >= 0.6 is 11.8 Å². The van der Waals surface area contributed by atoms with Gasteiger partial charge in [-0.15, -0.1) is 11.8 Å². The molecule has 1 atom stereocenters. The van der Waals surface area contributed by atoms with Crippen LogP contribution in [-0.4, -0.2) is 36.3 Å². The first-order valence-corrected chi connectivity index (χ1v) is 12.2. The van der Waals surface area contributed by atoms with Crippen molar-refractivity contribution in [3.8, 4) is 0 Å². The lowest BCUT2D eigenvalue weighted by Crippen LogP contribution is -2.31. The maximum absolute atomic E-state index is 13.6. The topological polar surface area (TPSA) is 59.8 Å². The van der Waals surface area contributed by atoms with Crippen molar-refractivity contribution in [2.75, 3.05) is 19.4 Å². The van der Waals surface area contributed by atoms with Crippen LogP contribution in [0.3, 0.4) is 0 Å². The van der Waals surface area contributed by atoms with Crippen LogP contribution in [0, 0.1) is 13.8 Å². The number of thioether (sulfide) groups is 1. The molecule has 0 saturated carbocycles. The monoisotopic (exact) mass is 451 g/mol. The van der Waals surface area contributed by atoms with Crippen LogP contribution in [0.2, 0.25) is 0 Å². The SMILES string of the molecule is CSc1ccc([C@H]2c3c(oc4cc(C)c(C)cc4c3=O)C(=O)N2CCCOC(C)C)cc1. The zero-order valence-electron chi connectivity index (χ0n) is 19.2. The number of amides is 1. The molecule has 0 spiro atoms. The van der Waals surface area contributed by atoms with Crippen LogP contribution in [-0.2, 0) is 4.74 Å². The molecule has 1 aliphatic heterocycles. The second-order valence-corrected chi connectivity index (χ2v) is 9.43. The van der Waals surface area contributed by atoms with Crippen molar-refractivity contribution < 1.29 is 13.9 Å². The van der Waals surface area contributed by atoms with Crippen molar-refractivity contribution in [2.45, 2.75) is 51.2 Å². The van der Waals surface area contributed by atoms with Crippen molar-refractivity contribution in [1.82, 2.24) is 4.90 Å². The van der Waals surface area contributed by atoms with Crippen molar-refractivity contribution in [2.24, 2.45) is 0 Å². The summed E-state index contributed by atoms with van der Waals surface area (Å²) in [5.41, 5.74) is 3.74. The first-order valence-electron chi connectivity index (χ1n) is 11.0. The Hall–Kier alpha value is -2.57. The van der Waals surface area contributed by atoms with Gasteiger partial charge in [0, 0.05) is 18.0 Å². The van der Waals surface area contributed by atoms with Crippen molar-refractivity contribution in [3.05, 3.63) is 74.6 Å². The molecule has 0 radical (unpaired) electrons. The largest absolute Gasteiger partial charge is 0.450 e. The highest BCUT2D eigenvalue weighted by atomic mass is 32.2. The summed E-state index contributed by atoms with van der Waals surface area (Å²) in [5, 5.41) is 0.523. The van der Waals surface area contributed by atoms with Gasteiger partial charge in [-0.3, -0.25) is 9.59 Å². The summed E-state index contributed by atoms with van der Waals surface area (Å²) in [6, 6.07) is 11.3. The molecule has 0 fully saturated rings. The molecule has 0 bridgehead atoms. The van der Waals surface area contributed by atoms with E-state index in [2.05, 4.69) is 0 Å². The molecule has 0 aliphatic carbocycles. The molecule has 0 saturated heterocycles. The number of hydrogen-bond acceptors (Lipinski definition) is 5. The van der Waals surface area contributed by atoms with Crippen LogP contribution in [0.4, 0.5) is 0 Å². The molecule has 168 valence electrons. The van der Waals surface area contributed by atoms with E-state index in [0.29, 0.717) is 36.1 Å². The predicted octanol–water partition coefficient (Wildman–Crippen LogP) is 5.49. The van der Waals surface area contributed by atoms with E-state index in [1.807, 2.05) is 70.3 Å². The predicted molar refractivity (Wildman–Crippen MR) is 129 cm³/mol. The average molecular weight is 452 g/mol. The van der Waals surface area contributed by atoms with Gasteiger partial charge in [0.25, 0.3) is 5.91 Å². The lowest BCUT2D eigenvalue weighted by atomic mass is 9.97. The average Bonchev–Trinajstić information content (AvgIpc) is 3.05. The quantitative estimate of drug-likeness (QED) is 0.351. The number of aryl methyl sites for hydroxylation is 2. The van der Waals surface area contributed by atoms with E-state index in [0.717, 1.165) is 21.6 Å². The summed E-state index contributed by atoms with van der Waals surface area (Å²) in [7, 11) is 0. The van der Waals surface area contributed by atoms with E-state index in [4.69, 9.17) is 9.15 Å². The molecule has 1 aromatic heterocycles. The minimum atomic E-state index is -0.463. The Labute approximate surface area is 192 Å². The lowest BCUT2D eigenvalue weighted by molar-refractivity contribution is 0.0593. The van der Waals surface area contributed by atoms with Gasteiger partial charge in [0.2, 0.25) is 5.76 Å². The molecule has 1 amide bonds. The smallest absolute Gasteiger partial charge is 0.290 e. The number of benzene rings is 2. The van der Waals surface area contributed by atoms with Gasteiger partial charge < -0.3 is 14.1 Å². The molecule has 0 N–H and O–H groups in total. The standard InChI is InChI=1S/C26H29NO4S/c1-15(2)30-12-6-11-27-23(18-7-9-19(32-5)10-8-18)22-24(28)20-13-16(3)17(4)14-21(20)31-25(22)26(27)29/h7-10,13-15,23H,6,11-12H2,1-5H3/t23-/m0/s1. The molecule has 32 heavy (non-hydrogen) atoms. The molecule has 2 heterocycles. The molecule has 3 aromatic rings. The third-order valence-corrected chi connectivity index (χ3v) is 6.75. The van der Waals surface area contributed by atoms with E-state index in [9.17, 15) is 9.59 Å². The normalized spacial score (nSPS) is 15.8. The summed E-state index contributed by atoms with van der Waals surface area (Å²) >= 11 is 1.66. The Morgan fingerprint density at radius 2 is 1.78 bits per heavy atom. The Morgan fingerprint density at radius 1 is 1.09 bits per heavy atom. The lowest BCUT2D eigenvalue weighted by Gasteiger charge is -2.25. The maximum Gasteiger partial charge on any atom is 0.290 e. The molecule has 6 heteroatoms. The van der Waals surface area contributed by atoms with Crippen LogP contribution in [0.15, 0.2) is 50.5 Å². The van der Waals surface area contributed by atoms with Crippen LogP contribution in [0.5, 0.6) is 0 Å². The van der Waals surface area contributed by atoms with Crippen molar-refractivity contribution >= 4 is 28.6 Å². The van der Waals surface area contributed by atoms with E-state index in [1.54, 1.807) is 16.7 Å².